The van der Waals surface area contributed by atoms with Crippen LogP contribution in [0.15, 0.2) is 36.5 Å². The Morgan fingerprint density at radius 2 is 2.12 bits per heavy atom. The second-order valence-electron chi connectivity index (χ2n) is 6.71. The highest BCUT2D eigenvalue weighted by Crippen LogP contribution is 2.30. The predicted molar refractivity (Wildman–Crippen MR) is 95.9 cm³/mol. The van der Waals surface area contributed by atoms with Crippen molar-refractivity contribution in [2.45, 2.75) is 38.0 Å². The van der Waals surface area contributed by atoms with Gasteiger partial charge in [0.15, 0.2) is 0 Å². The summed E-state index contributed by atoms with van der Waals surface area (Å²) in [5.74, 6) is 0.808. The van der Waals surface area contributed by atoms with E-state index in [2.05, 4.69) is 22.4 Å². The van der Waals surface area contributed by atoms with Gasteiger partial charge in [0.05, 0.1) is 19.0 Å². The SMILES string of the molecule is COC(=O)CC(CCC1CCNCC1)c1cnc2ccccc2c1. The zero-order chi connectivity index (χ0) is 16.8. The summed E-state index contributed by atoms with van der Waals surface area (Å²) in [7, 11) is 1.46. The molecule has 24 heavy (non-hydrogen) atoms. The number of carbonyl (C=O) groups excluding carboxylic acids is 1. The summed E-state index contributed by atoms with van der Waals surface area (Å²) in [5.41, 5.74) is 2.14. The Balaban J connectivity index is 1.75. The number of fused-ring (bicyclic) bond motifs is 1. The number of rotatable bonds is 6. The van der Waals surface area contributed by atoms with E-state index in [0.717, 1.165) is 48.3 Å². The van der Waals surface area contributed by atoms with Crippen LogP contribution in [0.25, 0.3) is 10.9 Å². The van der Waals surface area contributed by atoms with Crippen LogP contribution in [0.1, 0.15) is 43.6 Å². The first-order chi connectivity index (χ1) is 11.8. The van der Waals surface area contributed by atoms with Crippen molar-refractivity contribution in [3.05, 3.63) is 42.1 Å². The number of carbonyl (C=O) groups is 1. The number of hydrogen-bond donors (Lipinski definition) is 1. The lowest BCUT2D eigenvalue weighted by Crippen LogP contribution is -2.28. The van der Waals surface area contributed by atoms with Crippen molar-refractivity contribution in [2.75, 3.05) is 20.2 Å². The molecule has 0 amide bonds. The highest BCUT2D eigenvalue weighted by atomic mass is 16.5. The summed E-state index contributed by atoms with van der Waals surface area (Å²) in [6, 6.07) is 10.3. The molecule has 3 rings (SSSR count). The van der Waals surface area contributed by atoms with Crippen LogP contribution in [0.4, 0.5) is 0 Å². The van der Waals surface area contributed by atoms with E-state index in [1.165, 1.54) is 20.0 Å². The van der Waals surface area contributed by atoms with Gasteiger partial charge in [0.25, 0.3) is 0 Å². The molecule has 0 spiro atoms. The molecule has 128 valence electrons. The summed E-state index contributed by atoms with van der Waals surface area (Å²) in [6.45, 7) is 2.23. The number of methoxy groups -OCH3 is 1. The molecule has 0 aliphatic carbocycles. The van der Waals surface area contributed by atoms with E-state index in [1.54, 1.807) is 0 Å². The number of hydrogen-bond acceptors (Lipinski definition) is 4. The molecule has 1 fully saturated rings. The molecule has 1 aliphatic heterocycles. The number of ether oxygens (including phenoxy) is 1. The average molecular weight is 326 g/mol. The number of nitrogens with zero attached hydrogens (tertiary/aromatic N) is 1. The van der Waals surface area contributed by atoms with Crippen LogP contribution in [0.3, 0.4) is 0 Å². The van der Waals surface area contributed by atoms with Crippen molar-refractivity contribution in [3.63, 3.8) is 0 Å². The van der Waals surface area contributed by atoms with Gasteiger partial charge >= 0.3 is 5.97 Å². The highest BCUT2D eigenvalue weighted by molar-refractivity contribution is 5.79. The zero-order valence-electron chi connectivity index (χ0n) is 14.3. The van der Waals surface area contributed by atoms with Gasteiger partial charge in [-0.15, -0.1) is 0 Å². The fraction of sp³-hybridized carbons (Fsp3) is 0.500. The Bertz CT molecular complexity index is 680. The van der Waals surface area contributed by atoms with Crippen LogP contribution in [0.2, 0.25) is 0 Å². The topological polar surface area (TPSA) is 51.2 Å². The third-order valence-corrected chi connectivity index (χ3v) is 5.11. The third kappa shape index (κ3) is 4.32. The van der Waals surface area contributed by atoms with E-state index in [-0.39, 0.29) is 11.9 Å². The fourth-order valence-corrected chi connectivity index (χ4v) is 3.59. The van der Waals surface area contributed by atoms with E-state index in [9.17, 15) is 4.79 Å². The first-order valence-corrected chi connectivity index (χ1v) is 8.88. The number of esters is 1. The van der Waals surface area contributed by atoms with Gasteiger partial charge < -0.3 is 10.1 Å². The molecule has 1 N–H and O–H groups in total. The van der Waals surface area contributed by atoms with E-state index >= 15 is 0 Å². The number of nitrogens with one attached hydrogen (secondary N) is 1. The summed E-state index contributed by atoms with van der Waals surface area (Å²) in [6.07, 6.45) is 7.01. The molecular formula is C20H26N2O2. The molecule has 1 unspecified atom stereocenters. The Morgan fingerprint density at radius 1 is 1.33 bits per heavy atom. The van der Waals surface area contributed by atoms with Crippen molar-refractivity contribution in [1.29, 1.82) is 0 Å². The zero-order valence-corrected chi connectivity index (χ0v) is 14.3. The number of aromatic nitrogens is 1. The molecule has 1 aromatic heterocycles. The van der Waals surface area contributed by atoms with Gasteiger partial charge in [0.2, 0.25) is 0 Å². The van der Waals surface area contributed by atoms with Crippen molar-refractivity contribution < 1.29 is 9.53 Å². The Kier molecular flexibility index (Phi) is 5.81. The molecule has 2 aromatic rings. The lowest BCUT2D eigenvalue weighted by atomic mass is 9.85. The molecule has 1 aromatic carbocycles. The standard InChI is InChI=1S/C20H26N2O2/c1-24-20(23)13-16(7-6-15-8-10-21-11-9-15)18-12-17-4-2-3-5-19(17)22-14-18/h2-5,12,14-16,21H,6-11,13H2,1H3. The Labute approximate surface area is 143 Å². The summed E-state index contributed by atoms with van der Waals surface area (Å²) < 4.78 is 4.91. The number of benzene rings is 1. The summed E-state index contributed by atoms with van der Waals surface area (Å²) >= 11 is 0. The van der Waals surface area contributed by atoms with Crippen LogP contribution in [0.5, 0.6) is 0 Å². The molecule has 2 heterocycles. The molecule has 1 saturated heterocycles. The first kappa shape index (κ1) is 16.9. The maximum Gasteiger partial charge on any atom is 0.306 e. The second-order valence-corrected chi connectivity index (χ2v) is 6.71. The lowest BCUT2D eigenvalue weighted by Gasteiger charge is -2.25. The largest absolute Gasteiger partial charge is 0.469 e. The van der Waals surface area contributed by atoms with Crippen molar-refractivity contribution in [2.24, 2.45) is 5.92 Å². The van der Waals surface area contributed by atoms with Crippen molar-refractivity contribution in [1.82, 2.24) is 10.3 Å². The molecule has 4 nitrogen and oxygen atoms in total. The van der Waals surface area contributed by atoms with E-state index in [4.69, 9.17) is 4.74 Å². The van der Waals surface area contributed by atoms with Gasteiger partial charge in [-0.3, -0.25) is 9.78 Å². The first-order valence-electron chi connectivity index (χ1n) is 8.88. The van der Waals surface area contributed by atoms with Crippen LogP contribution in [0, 0.1) is 5.92 Å². The van der Waals surface area contributed by atoms with Crippen LogP contribution in [-0.2, 0) is 9.53 Å². The predicted octanol–water partition coefficient (Wildman–Crippen LogP) is 3.66. The van der Waals surface area contributed by atoms with Crippen molar-refractivity contribution in [3.8, 4) is 0 Å². The monoisotopic (exact) mass is 326 g/mol. The minimum atomic E-state index is -0.140. The average Bonchev–Trinajstić information content (AvgIpc) is 2.65. The molecule has 0 saturated carbocycles. The molecule has 1 aliphatic rings. The number of pyridine rings is 1. The summed E-state index contributed by atoms with van der Waals surface area (Å²) in [4.78, 5) is 16.4. The second kappa shape index (κ2) is 8.25. The minimum Gasteiger partial charge on any atom is -0.469 e. The van der Waals surface area contributed by atoms with Crippen LogP contribution in [-0.4, -0.2) is 31.2 Å². The van der Waals surface area contributed by atoms with E-state index in [0.29, 0.717) is 6.42 Å². The molecule has 0 radical (unpaired) electrons. The lowest BCUT2D eigenvalue weighted by molar-refractivity contribution is -0.141. The highest BCUT2D eigenvalue weighted by Gasteiger charge is 2.20. The van der Waals surface area contributed by atoms with Crippen LogP contribution < -0.4 is 5.32 Å². The van der Waals surface area contributed by atoms with Gasteiger partial charge in [-0.2, -0.15) is 0 Å². The van der Waals surface area contributed by atoms with Crippen molar-refractivity contribution >= 4 is 16.9 Å². The maximum atomic E-state index is 11.9. The van der Waals surface area contributed by atoms with Gasteiger partial charge in [-0.1, -0.05) is 18.2 Å². The van der Waals surface area contributed by atoms with Gasteiger partial charge in [0, 0.05) is 11.6 Å². The van der Waals surface area contributed by atoms with Gasteiger partial charge in [0.1, 0.15) is 0 Å². The Hall–Kier alpha value is -1.94. The van der Waals surface area contributed by atoms with E-state index in [1.807, 2.05) is 24.4 Å². The smallest absolute Gasteiger partial charge is 0.306 e. The third-order valence-electron chi connectivity index (χ3n) is 5.11. The fourth-order valence-electron chi connectivity index (χ4n) is 3.59. The number of para-hydroxylation sites is 1. The van der Waals surface area contributed by atoms with Crippen LogP contribution >= 0.6 is 0 Å². The summed E-state index contributed by atoms with van der Waals surface area (Å²) in [5, 5.41) is 4.54. The van der Waals surface area contributed by atoms with E-state index < -0.39 is 0 Å². The molecule has 4 heteroatoms. The minimum absolute atomic E-state index is 0.140. The number of piperidine rings is 1. The molecule has 0 bridgehead atoms. The normalized spacial score (nSPS) is 16.9. The van der Waals surface area contributed by atoms with Gasteiger partial charge in [-0.25, -0.2) is 0 Å². The maximum absolute atomic E-state index is 11.9. The molecule has 1 atom stereocenters. The Morgan fingerprint density at radius 3 is 2.92 bits per heavy atom. The quantitative estimate of drug-likeness (QED) is 0.823. The van der Waals surface area contributed by atoms with Gasteiger partial charge in [-0.05, 0) is 68.3 Å². The molecular weight excluding hydrogens is 300 g/mol.